The number of fused-ring (bicyclic) bond motifs is 3. The first-order chi connectivity index (χ1) is 11.4. The lowest BCUT2D eigenvalue weighted by Gasteiger charge is -2.17. The van der Waals surface area contributed by atoms with Gasteiger partial charge in [0.2, 0.25) is 0 Å². The molecule has 3 aromatic rings. The molecule has 2 aromatic heterocycles. The zero-order valence-corrected chi connectivity index (χ0v) is 14.2. The molecular weight excluding hydrogens is 298 g/mol. The number of nitrogen functional groups attached to an aromatic ring is 1. The van der Waals surface area contributed by atoms with E-state index in [0.717, 1.165) is 40.5 Å². The van der Waals surface area contributed by atoms with Crippen molar-refractivity contribution in [2.45, 2.75) is 27.3 Å². The Morgan fingerprint density at radius 3 is 2.75 bits per heavy atom. The summed E-state index contributed by atoms with van der Waals surface area (Å²) in [5.74, 6) is 0.534. The number of pyridine rings is 1. The van der Waals surface area contributed by atoms with E-state index in [1.54, 1.807) is 0 Å². The third-order valence-corrected chi connectivity index (χ3v) is 4.18. The summed E-state index contributed by atoms with van der Waals surface area (Å²) in [5.41, 5.74) is 10.5. The van der Waals surface area contributed by atoms with E-state index in [-0.39, 0.29) is 5.41 Å². The molecule has 0 bridgehead atoms. The highest BCUT2D eigenvalue weighted by atomic mass is 15.3. The van der Waals surface area contributed by atoms with E-state index in [2.05, 4.69) is 48.9 Å². The zero-order chi connectivity index (χ0) is 16.9. The summed E-state index contributed by atoms with van der Waals surface area (Å²) in [6, 6.07) is 6.28. The smallest absolute Gasteiger partial charge is 0.135 e. The highest BCUT2D eigenvalue weighted by molar-refractivity contribution is 6.08. The molecule has 0 saturated carbocycles. The van der Waals surface area contributed by atoms with E-state index in [4.69, 9.17) is 10.8 Å². The van der Waals surface area contributed by atoms with Crippen LogP contribution in [0.15, 0.2) is 35.5 Å². The average molecular weight is 319 g/mol. The molecule has 24 heavy (non-hydrogen) atoms. The topological polar surface area (TPSA) is 69.1 Å². The van der Waals surface area contributed by atoms with Crippen molar-refractivity contribution in [3.8, 4) is 0 Å². The van der Waals surface area contributed by atoms with Gasteiger partial charge in [-0.25, -0.2) is 4.98 Å². The van der Waals surface area contributed by atoms with Gasteiger partial charge in [0.25, 0.3) is 0 Å². The summed E-state index contributed by atoms with van der Waals surface area (Å²) >= 11 is 0. The quantitative estimate of drug-likeness (QED) is 0.783. The molecule has 5 nitrogen and oxygen atoms in total. The van der Waals surface area contributed by atoms with Gasteiger partial charge in [-0.05, 0) is 34.8 Å². The van der Waals surface area contributed by atoms with Gasteiger partial charge in [0, 0.05) is 24.3 Å². The summed E-state index contributed by atoms with van der Waals surface area (Å²) in [4.78, 5) is 8.85. The molecule has 3 heterocycles. The van der Waals surface area contributed by atoms with Crippen LogP contribution in [0.1, 0.15) is 26.3 Å². The molecule has 5 heteroatoms. The number of rotatable bonds is 2. The number of nitrogens with two attached hydrogens (primary N) is 1. The molecule has 0 radical (unpaired) electrons. The molecular formula is C19H21N5. The first-order valence-corrected chi connectivity index (χ1v) is 8.16. The molecule has 2 N–H and O–H groups in total. The van der Waals surface area contributed by atoms with Crippen LogP contribution in [0.3, 0.4) is 0 Å². The summed E-state index contributed by atoms with van der Waals surface area (Å²) in [6.45, 7) is 8.16. The molecule has 0 aliphatic carbocycles. The Kier molecular flexibility index (Phi) is 3.20. The maximum atomic E-state index is 6.20. The van der Waals surface area contributed by atoms with Crippen molar-refractivity contribution in [3.05, 3.63) is 36.0 Å². The van der Waals surface area contributed by atoms with Crippen LogP contribution in [0.5, 0.6) is 0 Å². The molecule has 0 saturated heterocycles. The molecule has 0 unspecified atom stereocenters. The van der Waals surface area contributed by atoms with Crippen molar-refractivity contribution < 1.29 is 0 Å². The van der Waals surface area contributed by atoms with Gasteiger partial charge < -0.3 is 5.73 Å². The molecule has 0 spiro atoms. The lowest BCUT2D eigenvalue weighted by molar-refractivity contribution is 0.327. The third kappa shape index (κ3) is 2.56. The predicted molar refractivity (Wildman–Crippen MR) is 100 cm³/mol. The minimum Gasteiger partial charge on any atom is -0.383 e. The fourth-order valence-corrected chi connectivity index (χ4v) is 3.12. The predicted octanol–water partition coefficient (Wildman–Crippen LogP) is 3.68. The van der Waals surface area contributed by atoms with Gasteiger partial charge in [-0.2, -0.15) is 5.10 Å². The van der Waals surface area contributed by atoms with Crippen LogP contribution in [0.25, 0.3) is 27.4 Å². The van der Waals surface area contributed by atoms with Crippen molar-refractivity contribution in [1.29, 1.82) is 0 Å². The van der Waals surface area contributed by atoms with E-state index in [1.807, 2.05) is 23.2 Å². The number of hydrogen-bond donors (Lipinski definition) is 1. The standard InChI is InChI=1S/C19H21N5/c1-19(2,3)11-24-10-15-17(23-24)14-5-4-12(13-6-7-21-9-13)8-16(14)22-18(15)20/h4-8,10H,9,11H2,1-3H3,(H2,20,22). The Bertz CT molecular complexity index is 1000. The summed E-state index contributed by atoms with van der Waals surface area (Å²) < 4.78 is 1.98. The normalized spacial score (nSPS) is 14.7. The van der Waals surface area contributed by atoms with Gasteiger partial charge in [-0.1, -0.05) is 26.8 Å². The Morgan fingerprint density at radius 2 is 2.04 bits per heavy atom. The number of nitrogens with zero attached hydrogens (tertiary/aromatic N) is 4. The van der Waals surface area contributed by atoms with Crippen LogP contribution in [0.2, 0.25) is 0 Å². The number of aliphatic imine (C=N–C) groups is 1. The first-order valence-electron chi connectivity index (χ1n) is 8.16. The van der Waals surface area contributed by atoms with Gasteiger partial charge >= 0.3 is 0 Å². The minimum absolute atomic E-state index is 0.155. The van der Waals surface area contributed by atoms with Crippen molar-refractivity contribution in [3.63, 3.8) is 0 Å². The highest BCUT2D eigenvalue weighted by Gasteiger charge is 2.16. The van der Waals surface area contributed by atoms with Crippen molar-refractivity contribution in [1.82, 2.24) is 14.8 Å². The van der Waals surface area contributed by atoms with Crippen molar-refractivity contribution >= 4 is 39.4 Å². The largest absolute Gasteiger partial charge is 0.383 e. The van der Waals surface area contributed by atoms with Crippen LogP contribution >= 0.6 is 0 Å². The Hall–Kier alpha value is -2.69. The first kappa shape index (κ1) is 14.9. The summed E-state index contributed by atoms with van der Waals surface area (Å²) in [7, 11) is 0. The number of benzene rings is 1. The Balaban J connectivity index is 1.87. The maximum Gasteiger partial charge on any atom is 0.135 e. The second kappa shape index (κ2) is 5.16. The van der Waals surface area contributed by atoms with Crippen LogP contribution in [0, 0.1) is 5.41 Å². The van der Waals surface area contributed by atoms with Crippen LogP contribution in [0.4, 0.5) is 5.82 Å². The number of allylic oxidation sites excluding steroid dienone is 1. The molecule has 122 valence electrons. The number of anilines is 1. The molecule has 0 atom stereocenters. The van der Waals surface area contributed by atoms with Crippen molar-refractivity contribution in [2.75, 3.05) is 12.3 Å². The average Bonchev–Trinajstić information content (AvgIpc) is 3.14. The molecule has 1 aromatic carbocycles. The molecule has 0 amide bonds. The van der Waals surface area contributed by atoms with Crippen molar-refractivity contribution in [2.24, 2.45) is 10.4 Å². The van der Waals surface area contributed by atoms with Gasteiger partial charge in [-0.3, -0.25) is 9.67 Å². The Labute approximate surface area is 140 Å². The fraction of sp³-hybridized carbons (Fsp3) is 0.316. The molecule has 0 fully saturated rings. The molecule has 1 aliphatic rings. The van der Waals surface area contributed by atoms with Gasteiger partial charge in [0.15, 0.2) is 0 Å². The van der Waals surface area contributed by atoms with E-state index < -0.39 is 0 Å². The number of aromatic nitrogens is 3. The lowest BCUT2D eigenvalue weighted by atomic mass is 9.97. The van der Waals surface area contributed by atoms with Gasteiger partial charge in [0.05, 0.1) is 17.4 Å². The van der Waals surface area contributed by atoms with Gasteiger partial charge in [-0.15, -0.1) is 0 Å². The van der Waals surface area contributed by atoms with Gasteiger partial charge in [0.1, 0.15) is 11.3 Å². The fourth-order valence-electron chi connectivity index (χ4n) is 3.12. The zero-order valence-electron chi connectivity index (χ0n) is 14.2. The van der Waals surface area contributed by atoms with E-state index in [9.17, 15) is 0 Å². The monoisotopic (exact) mass is 319 g/mol. The summed E-state index contributed by atoms with van der Waals surface area (Å²) in [5, 5.41) is 6.73. The number of hydrogen-bond acceptors (Lipinski definition) is 4. The maximum absolute atomic E-state index is 6.20. The van der Waals surface area contributed by atoms with Crippen LogP contribution in [-0.2, 0) is 6.54 Å². The van der Waals surface area contributed by atoms with E-state index in [1.165, 1.54) is 5.57 Å². The SMILES string of the molecule is CC(C)(C)Cn1cc2c(N)nc3cc(C4=CC=NC4)ccc3c2n1. The Morgan fingerprint density at radius 1 is 1.21 bits per heavy atom. The minimum atomic E-state index is 0.155. The highest BCUT2D eigenvalue weighted by Crippen LogP contribution is 2.30. The summed E-state index contributed by atoms with van der Waals surface area (Å²) in [6.07, 6.45) is 5.89. The molecule has 1 aliphatic heterocycles. The second-order valence-electron chi connectivity index (χ2n) is 7.56. The van der Waals surface area contributed by atoms with E-state index >= 15 is 0 Å². The lowest BCUT2D eigenvalue weighted by Crippen LogP contribution is -2.15. The third-order valence-electron chi connectivity index (χ3n) is 4.18. The van der Waals surface area contributed by atoms with Crippen LogP contribution < -0.4 is 5.73 Å². The second-order valence-corrected chi connectivity index (χ2v) is 7.56. The molecule has 4 rings (SSSR count). The van der Waals surface area contributed by atoms with E-state index in [0.29, 0.717) is 5.82 Å². The van der Waals surface area contributed by atoms with Crippen LogP contribution in [-0.4, -0.2) is 27.5 Å².